The van der Waals surface area contributed by atoms with Crippen molar-refractivity contribution < 1.29 is 8.42 Å². The fraction of sp³-hybridized carbons (Fsp3) is 0.462. The summed E-state index contributed by atoms with van der Waals surface area (Å²) < 4.78 is 25.2. The number of nitriles is 1. The molecule has 1 aromatic rings. The minimum absolute atomic E-state index is 0.0883. The molecule has 18 heavy (non-hydrogen) atoms. The van der Waals surface area contributed by atoms with E-state index in [1.165, 1.54) is 7.05 Å². The zero-order valence-corrected chi connectivity index (χ0v) is 11.5. The van der Waals surface area contributed by atoms with Crippen LogP contribution in [-0.4, -0.2) is 25.5 Å². The van der Waals surface area contributed by atoms with Crippen LogP contribution in [0.1, 0.15) is 31.4 Å². The lowest BCUT2D eigenvalue weighted by molar-refractivity contribution is 0.431. The Kier molecular flexibility index (Phi) is 5.32. The Hall–Kier alpha value is -1.38. The Balaban J connectivity index is 2.94. The molecular weight excluding hydrogens is 248 g/mol. The molecule has 0 fully saturated rings. The molecule has 5 heteroatoms. The Bertz CT molecular complexity index is 506. The predicted molar refractivity (Wildman–Crippen MR) is 71.3 cm³/mol. The lowest BCUT2D eigenvalue weighted by Gasteiger charge is -2.22. The van der Waals surface area contributed by atoms with Crippen LogP contribution in [-0.2, 0) is 10.0 Å². The normalized spacial score (nSPS) is 13.2. The van der Waals surface area contributed by atoms with Gasteiger partial charge in [0.05, 0.1) is 11.8 Å². The average molecular weight is 266 g/mol. The number of hydrogen-bond acceptors (Lipinski definition) is 3. The molecule has 0 N–H and O–H groups in total. The molecule has 0 heterocycles. The maximum absolute atomic E-state index is 12.0. The van der Waals surface area contributed by atoms with Gasteiger partial charge in [-0.2, -0.15) is 9.57 Å². The second-order valence-electron chi connectivity index (χ2n) is 4.13. The van der Waals surface area contributed by atoms with E-state index in [1.54, 1.807) is 24.3 Å². The number of sulfonamides is 1. The van der Waals surface area contributed by atoms with Gasteiger partial charge in [-0.1, -0.05) is 43.7 Å². The predicted octanol–water partition coefficient (Wildman–Crippen LogP) is 2.31. The summed E-state index contributed by atoms with van der Waals surface area (Å²) in [5.74, 6) is 0.0883. The van der Waals surface area contributed by atoms with Crippen LogP contribution in [0.3, 0.4) is 0 Å². The van der Waals surface area contributed by atoms with Crippen molar-refractivity contribution in [2.45, 2.75) is 25.8 Å². The number of nitrogens with zero attached hydrogens (tertiary/aromatic N) is 2. The highest BCUT2D eigenvalue weighted by Crippen LogP contribution is 2.21. The number of hydrogen-bond donors (Lipinski definition) is 0. The zero-order valence-electron chi connectivity index (χ0n) is 10.7. The Morgan fingerprint density at radius 2 is 1.94 bits per heavy atom. The van der Waals surface area contributed by atoms with Crippen molar-refractivity contribution in [3.8, 4) is 6.07 Å². The van der Waals surface area contributed by atoms with Gasteiger partial charge in [0.15, 0.2) is 0 Å². The van der Waals surface area contributed by atoms with E-state index in [1.807, 2.05) is 19.1 Å². The molecule has 0 saturated carbocycles. The largest absolute Gasteiger partial charge is 0.215 e. The average Bonchev–Trinajstić information content (AvgIpc) is 2.38. The van der Waals surface area contributed by atoms with Crippen LogP contribution in [0.5, 0.6) is 0 Å². The van der Waals surface area contributed by atoms with Crippen molar-refractivity contribution in [3.63, 3.8) is 0 Å². The summed E-state index contributed by atoms with van der Waals surface area (Å²) in [6.45, 7) is 1.94. The molecule has 0 aliphatic rings. The highest BCUT2D eigenvalue weighted by Gasteiger charge is 2.26. The topological polar surface area (TPSA) is 61.2 Å². The molecular formula is C13H18N2O2S. The summed E-state index contributed by atoms with van der Waals surface area (Å²) >= 11 is 0. The smallest absolute Gasteiger partial charge is 0.212 e. The summed E-state index contributed by atoms with van der Waals surface area (Å²) in [7, 11) is -1.91. The minimum atomic E-state index is -3.37. The zero-order chi connectivity index (χ0) is 13.6. The molecule has 4 nitrogen and oxygen atoms in total. The molecule has 0 aliphatic carbocycles. The van der Waals surface area contributed by atoms with Crippen LogP contribution in [0, 0.1) is 11.3 Å². The van der Waals surface area contributed by atoms with Gasteiger partial charge in [0.25, 0.3) is 0 Å². The van der Waals surface area contributed by atoms with Crippen molar-refractivity contribution in [1.29, 1.82) is 5.26 Å². The van der Waals surface area contributed by atoms with E-state index in [9.17, 15) is 13.7 Å². The van der Waals surface area contributed by atoms with Gasteiger partial charge in [-0.25, -0.2) is 8.42 Å². The highest BCUT2D eigenvalue weighted by molar-refractivity contribution is 7.89. The molecule has 98 valence electrons. The SMILES string of the molecule is CCCCS(=O)(=O)N(C)C(C#N)c1ccccc1. The summed E-state index contributed by atoms with van der Waals surface area (Å²) in [5.41, 5.74) is 0.697. The molecule has 1 unspecified atom stereocenters. The third-order valence-corrected chi connectivity index (χ3v) is 4.69. The fourth-order valence-corrected chi connectivity index (χ4v) is 3.06. The van der Waals surface area contributed by atoms with Crippen molar-refractivity contribution in [1.82, 2.24) is 4.31 Å². The highest BCUT2D eigenvalue weighted by atomic mass is 32.2. The van der Waals surface area contributed by atoms with Crippen LogP contribution in [0.15, 0.2) is 30.3 Å². The van der Waals surface area contributed by atoms with Crippen LogP contribution >= 0.6 is 0 Å². The van der Waals surface area contributed by atoms with Gasteiger partial charge >= 0.3 is 0 Å². The summed E-state index contributed by atoms with van der Waals surface area (Å²) in [6.07, 6.45) is 1.43. The molecule has 0 radical (unpaired) electrons. The molecule has 1 atom stereocenters. The maximum Gasteiger partial charge on any atom is 0.215 e. The van der Waals surface area contributed by atoms with E-state index >= 15 is 0 Å². The molecule has 1 aromatic carbocycles. The van der Waals surface area contributed by atoms with Crippen molar-refractivity contribution >= 4 is 10.0 Å². The Morgan fingerprint density at radius 1 is 1.33 bits per heavy atom. The third kappa shape index (κ3) is 3.56. The van der Waals surface area contributed by atoms with E-state index in [0.29, 0.717) is 12.0 Å². The van der Waals surface area contributed by atoms with Gasteiger partial charge < -0.3 is 0 Å². The van der Waals surface area contributed by atoms with E-state index in [2.05, 4.69) is 0 Å². The molecule has 1 rings (SSSR count). The Morgan fingerprint density at radius 3 is 2.44 bits per heavy atom. The molecule has 0 saturated heterocycles. The van der Waals surface area contributed by atoms with Crippen molar-refractivity contribution in [2.24, 2.45) is 0 Å². The monoisotopic (exact) mass is 266 g/mol. The second kappa shape index (κ2) is 6.53. The van der Waals surface area contributed by atoms with Crippen LogP contribution < -0.4 is 0 Å². The third-order valence-electron chi connectivity index (χ3n) is 2.80. The van der Waals surface area contributed by atoms with Crippen molar-refractivity contribution in [3.05, 3.63) is 35.9 Å². The molecule has 0 bridgehead atoms. The van der Waals surface area contributed by atoms with E-state index in [-0.39, 0.29) is 5.75 Å². The van der Waals surface area contributed by atoms with E-state index in [4.69, 9.17) is 0 Å². The molecule has 0 aromatic heterocycles. The van der Waals surface area contributed by atoms with E-state index in [0.717, 1.165) is 10.7 Å². The van der Waals surface area contributed by atoms with Gasteiger partial charge in [-0.3, -0.25) is 0 Å². The van der Waals surface area contributed by atoms with Gasteiger partial charge in [-0.15, -0.1) is 0 Å². The summed E-state index contributed by atoms with van der Waals surface area (Å²) in [5, 5.41) is 9.18. The maximum atomic E-state index is 12.0. The first-order valence-electron chi connectivity index (χ1n) is 5.93. The van der Waals surface area contributed by atoms with E-state index < -0.39 is 16.1 Å². The summed E-state index contributed by atoms with van der Waals surface area (Å²) in [4.78, 5) is 0. The van der Waals surface area contributed by atoms with Gasteiger partial charge in [0, 0.05) is 7.05 Å². The van der Waals surface area contributed by atoms with Crippen LogP contribution in [0.4, 0.5) is 0 Å². The molecule has 0 aliphatic heterocycles. The van der Waals surface area contributed by atoms with Gasteiger partial charge in [-0.05, 0) is 12.0 Å². The van der Waals surface area contributed by atoms with Crippen LogP contribution in [0.2, 0.25) is 0 Å². The summed E-state index contributed by atoms with van der Waals surface area (Å²) in [6, 6.07) is 10.3. The second-order valence-corrected chi connectivity index (χ2v) is 6.28. The standard InChI is InChI=1S/C13H18N2O2S/c1-3-4-10-18(16,17)15(2)13(11-14)12-8-6-5-7-9-12/h5-9,13H,3-4,10H2,1-2H3. The van der Waals surface area contributed by atoms with Gasteiger partial charge in [0.1, 0.15) is 6.04 Å². The first kappa shape index (κ1) is 14.7. The van der Waals surface area contributed by atoms with Crippen LogP contribution in [0.25, 0.3) is 0 Å². The molecule has 0 amide bonds. The first-order chi connectivity index (χ1) is 8.53. The lowest BCUT2D eigenvalue weighted by Crippen LogP contribution is -2.32. The van der Waals surface area contributed by atoms with Crippen molar-refractivity contribution in [2.75, 3.05) is 12.8 Å². The first-order valence-corrected chi connectivity index (χ1v) is 7.54. The molecule has 0 spiro atoms. The minimum Gasteiger partial charge on any atom is -0.212 e. The Labute approximate surface area is 109 Å². The number of unbranched alkanes of at least 4 members (excludes halogenated alkanes) is 1. The lowest BCUT2D eigenvalue weighted by atomic mass is 10.1. The quantitative estimate of drug-likeness (QED) is 0.793. The number of rotatable bonds is 6. The van der Waals surface area contributed by atoms with Gasteiger partial charge in [0.2, 0.25) is 10.0 Å². The number of benzene rings is 1. The fourth-order valence-electron chi connectivity index (χ4n) is 1.63.